The van der Waals surface area contributed by atoms with Gasteiger partial charge in [-0.2, -0.15) is 0 Å². The Hall–Kier alpha value is -3.62. The van der Waals surface area contributed by atoms with Crippen LogP contribution in [0.2, 0.25) is 0 Å². The van der Waals surface area contributed by atoms with E-state index in [1.807, 2.05) is 42.5 Å². The van der Waals surface area contributed by atoms with Crippen molar-refractivity contribution in [3.05, 3.63) is 82.8 Å². The van der Waals surface area contributed by atoms with Crippen molar-refractivity contribution in [3.8, 4) is 5.75 Å². The Balaban J connectivity index is 1.29. The maximum atomic E-state index is 12.9. The molecule has 178 valence electrons. The fourth-order valence-electron chi connectivity index (χ4n) is 4.05. The van der Waals surface area contributed by atoms with E-state index in [1.54, 1.807) is 11.0 Å². The molecule has 2 aliphatic heterocycles. The average Bonchev–Trinajstić information content (AvgIpc) is 3.15. The molecule has 2 saturated heterocycles. The Kier molecular flexibility index (Phi) is 6.83. The third-order valence-corrected chi connectivity index (χ3v) is 6.85. The molecule has 0 atom stereocenters. The largest absolute Gasteiger partial charge is 0.488 e. The van der Waals surface area contributed by atoms with Gasteiger partial charge in [0, 0.05) is 18.7 Å². The minimum absolute atomic E-state index is 0.254. The van der Waals surface area contributed by atoms with Gasteiger partial charge in [-0.3, -0.25) is 19.3 Å². The van der Waals surface area contributed by atoms with Crippen LogP contribution in [0.4, 0.5) is 4.79 Å². The molecule has 0 radical (unpaired) electrons. The number of imide groups is 1. The Bertz CT molecular complexity index is 1320. The number of rotatable bonds is 6. The molecule has 8 heteroatoms. The number of hydrogen-bond acceptors (Lipinski definition) is 6. The number of thioether (sulfide) groups is 1. The first-order valence-electron chi connectivity index (χ1n) is 11.4. The molecule has 3 aromatic carbocycles. The predicted molar refractivity (Wildman–Crippen MR) is 135 cm³/mol. The van der Waals surface area contributed by atoms with E-state index in [-0.39, 0.29) is 17.4 Å². The summed E-state index contributed by atoms with van der Waals surface area (Å²) in [4.78, 5) is 40.9. The summed E-state index contributed by atoms with van der Waals surface area (Å²) >= 11 is 0.837. The van der Waals surface area contributed by atoms with E-state index in [1.165, 1.54) is 5.39 Å². The molecule has 2 fully saturated rings. The molecule has 35 heavy (non-hydrogen) atoms. The highest BCUT2D eigenvalue weighted by molar-refractivity contribution is 8.18. The molecule has 5 rings (SSSR count). The van der Waals surface area contributed by atoms with E-state index in [9.17, 15) is 14.4 Å². The summed E-state index contributed by atoms with van der Waals surface area (Å²) in [5.74, 6) is -0.112. The number of para-hydroxylation sites is 1. The van der Waals surface area contributed by atoms with Gasteiger partial charge in [0.15, 0.2) is 0 Å². The smallest absolute Gasteiger partial charge is 0.294 e. The number of carbonyl (C=O) groups is 3. The van der Waals surface area contributed by atoms with E-state index in [4.69, 9.17) is 9.47 Å². The van der Waals surface area contributed by atoms with Crippen molar-refractivity contribution in [1.29, 1.82) is 0 Å². The topological polar surface area (TPSA) is 76.2 Å². The van der Waals surface area contributed by atoms with Gasteiger partial charge >= 0.3 is 0 Å². The number of hydrogen-bond donors (Lipinski definition) is 0. The van der Waals surface area contributed by atoms with Crippen molar-refractivity contribution in [3.63, 3.8) is 0 Å². The number of ether oxygens (including phenoxy) is 2. The van der Waals surface area contributed by atoms with E-state index in [0.717, 1.165) is 27.6 Å². The Morgan fingerprint density at radius 3 is 2.54 bits per heavy atom. The number of morpholine rings is 1. The van der Waals surface area contributed by atoms with Crippen LogP contribution in [0.5, 0.6) is 5.75 Å². The molecule has 0 unspecified atom stereocenters. The van der Waals surface area contributed by atoms with Gasteiger partial charge < -0.3 is 14.4 Å². The fraction of sp³-hybridized carbons (Fsp3) is 0.222. The number of amides is 3. The predicted octanol–water partition coefficient (Wildman–Crippen LogP) is 4.31. The first kappa shape index (κ1) is 23.1. The second kappa shape index (κ2) is 10.3. The lowest BCUT2D eigenvalue weighted by molar-refractivity contribution is -0.139. The van der Waals surface area contributed by atoms with Gasteiger partial charge in [-0.15, -0.1) is 0 Å². The van der Waals surface area contributed by atoms with Gasteiger partial charge in [0.05, 0.1) is 18.1 Å². The van der Waals surface area contributed by atoms with Gasteiger partial charge in [-0.05, 0) is 46.3 Å². The van der Waals surface area contributed by atoms with Crippen LogP contribution >= 0.6 is 11.8 Å². The Labute approximate surface area is 207 Å². The zero-order valence-electron chi connectivity index (χ0n) is 19.0. The van der Waals surface area contributed by atoms with Gasteiger partial charge in [-0.25, -0.2) is 0 Å². The lowest BCUT2D eigenvalue weighted by Gasteiger charge is -2.28. The summed E-state index contributed by atoms with van der Waals surface area (Å²) in [6.45, 7) is 1.96. The summed E-state index contributed by atoms with van der Waals surface area (Å²) in [6.07, 6.45) is 1.65. The number of carbonyl (C=O) groups excluding carboxylic acids is 3. The molecule has 0 spiro atoms. The van der Waals surface area contributed by atoms with Crippen LogP contribution < -0.4 is 4.74 Å². The Morgan fingerprint density at radius 1 is 0.971 bits per heavy atom. The minimum Gasteiger partial charge on any atom is -0.488 e. The highest BCUT2D eigenvalue weighted by Crippen LogP contribution is 2.34. The molecule has 2 heterocycles. The first-order valence-corrected chi connectivity index (χ1v) is 12.2. The standard InChI is InChI=1S/C27H24N2O5S/c30-25(28-11-13-33-14-12-28)17-29-26(31)24(35-27(29)32)16-22-7-3-4-8-23(22)34-18-19-9-10-20-5-1-2-6-21(20)15-19/h1-10,15-16H,11-14,17-18H2/b24-16-. The minimum atomic E-state index is -0.467. The zero-order valence-corrected chi connectivity index (χ0v) is 19.8. The summed E-state index contributed by atoms with van der Waals surface area (Å²) in [5.41, 5.74) is 1.72. The van der Waals surface area contributed by atoms with Crippen molar-refractivity contribution in [2.24, 2.45) is 0 Å². The van der Waals surface area contributed by atoms with Crippen molar-refractivity contribution in [2.75, 3.05) is 32.8 Å². The third-order valence-electron chi connectivity index (χ3n) is 5.94. The number of fused-ring (bicyclic) bond motifs is 1. The van der Waals surface area contributed by atoms with Gasteiger partial charge in [-0.1, -0.05) is 54.6 Å². The maximum Gasteiger partial charge on any atom is 0.294 e. The second-order valence-electron chi connectivity index (χ2n) is 8.27. The van der Waals surface area contributed by atoms with Crippen LogP contribution in [0.15, 0.2) is 71.6 Å². The van der Waals surface area contributed by atoms with Crippen LogP contribution in [-0.2, 0) is 20.9 Å². The van der Waals surface area contributed by atoms with Crippen molar-refractivity contribution < 1.29 is 23.9 Å². The molecule has 7 nitrogen and oxygen atoms in total. The molecular weight excluding hydrogens is 464 g/mol. The summed E-state index contributed by atoms with van der Waals surface area (Å²) < 4.78 is 11.3. The van der Waals surface area contributed by atoms with Crippen LogP contribution in [0, 0.1) is 0 Å². The van der Waals surface area contributed by atoms with Gasteiger partial charge in [0.2, 0.25) is 5.91 Å². The molecule has 0 N–H and O–H groups in total. The molecular formula is C27H24N2O5S. The van der Waals surface area contributed by atoms with Crippen LogP contribution in [-0.4, -0.2) is 59.7 Å². The SMILES string of the molecule is O=C(CN1C(=O)S/C(=C\c2ccccc2OCc2ccc3ccccc3c2)C1=O)N1CCOCC1. The van der Waals surface area contributed by atoms with Crippen molar-refractivity contribution in [1.82, 2.24) is 9.80 Å². The molecule has 0 bridgehead atoms. The third kappa shape index (κ3) is 5.23. The monoisotopic (exact) mass is 488 g/mol. The van der Waals surface area contributed by atoms with Crippen molar-refractivity contribution in [2.45, 2.75) is 6.61 Å². The van der Waals surface area contributed by atoms with Gasteiger partial charge in [0.25, 0.3) is 11.1 Å². The van der Waals surface area contributed by atoms with Crippen LogP contribution in [0.25, 0.3) is 16.8 Å². The van der Waals surface area contributed by atoms with Crippen LogP contribution in [0.3, 0.4) is 0 Å². The summed E-state index contributed by atoms with van der Waals surface area (Å²) in [5, 5.41) is 1.86. The van der Waals surface area contributed by atoms with Crippen LogP contribution in [0.1, 0.15) is 11.1 Å². The van der Waals surface area contributed by atoms with Crippen molar-refractivity contribution >= 4 is 45.7 Å². The first-order chi connectivity index (χ1) is 17.1. The van der Waals surface area contributed by atoms with E-state index >= 15 is 0 Å². The highest BCUT2D eigenvalue weighted by Gasteiger charge is 2.37. The molecule has 3 aromatic rings. The summed E-state index contributed by atoms with van der Waals surface area (Å²) in [6, 6.07) is 21.7. The number of benzene rings is 3. The molecule has 2 aliphatic rings. The molecule has 0 aliphatic carbocycles. The maximum absolute atomic E-state index is 12.9. The molecule has 0 saturated carbocycles. The van der Waals surface area contributed by atoms with E-state index in [2.05, 4.69) is 24.3 Å². The lowest BCUT2D eigenvalue weighted by Crippen LogP contribution is -2.46. The normalized spacial score (nSPS) is 17.4. The highest BCUT2D eigenvalue weighted by atomic mass is 32.2. The molecule has 0 aromatic heterocycles. The number of nitrogens with zero attached hydrogens (tertiary/aromatic N) is 2. The quantitative estimate of drug-likeness (QED) is 0.481. The average molecular weight is 489 g/mol. The zero-order chi connectivity index (χ0) is 24.2. The Morgan fingerprint density at radius 2 is 1.71 bits per heavy atom. The molecule has 3 amide bonds. The fourth-order valence-corrected chi connectivity index (χ4v) is 4.88. The second-order valence-corrected chi connectivity index (χ2v) is 9.26. The van der Waals surface area contributed by atoms with Gasteiger partial charge in [0.1, 0.15) is 18.9 Å². The van der Waals surface area contributed by atoms with E-state index in [0.29, 0.717) is 44.2 Å². The van der Waals surface area contributed by atoms with E-state index < -0.39 is 11.1 Å². The lowest BCUT2D eigenvalue weighted by atomic mass is 10.1. The summed E-state index contributed by atoms with van der Waals surface area (Å²) in [7, 11) is 0.